The van der Waals surface area contributed by atoms with Gasteiger partial charge in [-0.15, -0.1) is 0 Å². The van der Waals surface area contributed by atoms with Crippen LogP contribution in [0, 0.1) is 0 Å². The molecule has 24 heavy (non-hydrogen) atoms. The number of H-pyrrole nitrogens is 1. The molecule has 6 nitrogen and oxygen atoms in total. The standard InChI is InChI=1S/C14H17N3.C4H8O3/c1-2-6-11(7-3-1)13-10-16-14(17-13)12-8-4-5-9-15-12;1-3(7-2)4(5)6/h1-3,6-7,10,12,15H,4-5,8-9H2,(H,16,17);3H,1-2H3,(H,5,6). The van der Waals surface area contributed by atoms with Gasteiger partial charge in [-0.3, -0.25) is 0 Å². The Kier molecular flexibility index (Phi) is 6.96. The van der Waals surface area contributed by atoms with Crippen LogP contribution in [-0.2, 0) is 9.53 Å². The number of nitrogens with one attached hydrogen (secondary N) is 2. The molecule has 0 spiro atoms. The van der Waals surface area contributed by atoms with Crippen molar-refractivity contribution in [3.8, 4) is 11.3 Å². The van der Waals surface area contributed by atoms with Crippen LogP contribution in [0.3, 0.4) is 0 Å². The zero-order valence-electron chi connectivity index (χ0n) is 14.2. The van der Waals surface area contributed by atoms with E-state index in [0.29, 0.717) is 6.04 Å². The topological polar surface area (TPSA) is 87.2 Å². The van der Waals surface area contributed by atoms with Crippen molar-refractivity contribution < 1.29 is 14.6 Å². The minimum Gasteiger partial charge on any atom is -0.479 e. The monoisotopic (exact) mass is 331 g/mol. The van der Waals surface area contributed by atoms with Crippen molar-refractivity contribution in [3.63, 3.8) is 0 Å². The van der Waals surface area contributed by atoms with Gasteiger partial charge in [-0.05, 0) is 31.9 Å². The van der Waals surface area contributed by atoms with Crippen molar-refractivity contribution in [2.24, 2.45) is 0 Å². The Balaban J connectivity index is 0.000000256. The van der Waals surface area contributed by atoms with Gasteiger partial charge in [-0.2, -0.15) is 0 Å². The average Bonchev–Trinajstić information content (AvgIpc) is 3.13. The molecule has 6 heteroatoms. The third-order valence-electron chi connectivity index (χ3n) is 4.02. The normalized spacial score (nSPS) is 18.3. The zero-order chi connectivity index (χ0) is 17.4. The van der Waals surface area contributed by atoms with Gasteiger partial charge >= 0.3 is 5.97 Å². The fourth-order valence-corrected chi connectivity index (χ4v) is 2.46. The number of carboxylic acids is 1. The Morgan fingerprint density at radius 3 is 2.62 bits per heavy atom. The Bertz CT molecular complexity index is 621. The molecule has 2 aromatic rings. The molecule has 1 fully saturated rings. The second-order valence-corrected chi connectivity index (χ2v) is 5.77. The highest BCUT2D eigenvalue weighted by Crippen LogP contribution is 2.23. The minimum atomic E-state index is -0.928. The van der Waals surface area contributed by atoms with Crippen LogP contribution in [0.15, 0.2) is 36.5 Å². The predicted octanol–water partition coefficient (Wildman–Crippen LogP) is 3.00. The first-order chi connectivity index (χ1) is 11.6. The van der Waals surface area contributed by atoms with Crippen molar-refractivity contribution in [1.29, 1.82) is 0 Å². The number of nitrogens with zero attached hydrogens (tertiary/aromatic N) is 1. The zero-order valence-corrected chi connectivity index (χ0v) is 14.2. The maximum atomic E-state index is 9.81. The predicted molar refractivity (Wildman–Crippen MR) is 92.7 cm³/mol. The molecule has 130 valence electrons. The van der Waals surface area contributed by atoms with Gasteiger partial charge in [-0.1, -0.05) is 36.8 Å². The quantitative estimate of drug-likeness (QED) is 0.802. The molecule has 0 amide bonds. The van der Waals surface area contributed by atoms with Gasteiger partial charge in [0.15, 0.2) is 6.10 Å². The Morgan fingerprint density at radius 2 is 2.08 bits per heavy atom. The summed E-state index contributed by atoms with van der Waals surface area (Å²) < 4.78 is 4.41. The largest absolute Gasteiger partial charge is 0.479 e. The van der Waals surface area contributed by atoms with E-state index in [1.807, 2.05) is 12.3 Å². The van der Waals surface area contributed by atoms with E-state index in [-0.39, 0.29) is 0 Å². The highest BCUT2D eigenvalue weighted by Gasteiger charge is 2.17. The molecular formula is C18H25N3O3. The molecule has 1 saturated heterocycles. The van der Waals surface area contributed by atoms with Gasteiger partial charge in [0, 0.05) is 7.11 Å². The summed E-state index contributed by atoms with van der Waals surface area (Å²) in [6, 6.07) is 10.7. The van der Waals surface area contributed by atoms with E-state index in [0.717, 1.165) is 18.1 Å². The second kappa shape index (κ2) is 9.20. The van der Waals surface area contributed by atoms with Crippen LogP contribution in [0.5, 0.6) is 0 Å². The lowest BCUT2D eigenvalue weighted by atomic mass is 10.0. The van der Waals surface area contributed by atoms with Crippen molar-refractivity contribution in [1.82, 2.24) is 15.3 Å². The first-order valence-corrected chi connectivity index (χ1v) is 8.21. The number of piperidine rings is 1. The summed E-state index contributed by atoms with van der Waals surface area (Å²) in [5.74, 6) is 0.144. The lowest BCUT2D eigenvalue weighted by Gasteiger charge is -2.21. The van der Waals surface area contributed by atoms with Crippen LogP contribution >= 0.6 is 0 Å². The van der Waals surface area contributed by atoms with Crippen molar-refractivity contribution in [2.45, 2.75) is 38.3 Å². The average molecular weight is 331 g/mol. The van der Waals surface area contributed by atoms with E-state index in [1.54, 1.807) is 0 Å². The lowest BCUT2D eigenvalue weighted by Crippen LogP contribution is -2.27. The number of hydrogen-bond donors (Lipinski definition) is 3. The number of imidazole rings is 1. The van der Waals surface area contributed by atoms with E-state index in [9.17, 15) is 4.79 Å². The summed E-state index contributed by atoms with van der Waals surface area (Å²) in [7, 11) is 1.36. The Hall–Kier alpha value is -2.18. The van der Waals surface area contributed by atoms with Crippen LogP contribution in [0.25, 0.3) is 11.3 Å². The van der Waals surface area contributed by atoms with Crippen molar-refractivity contribution in [2.75, 3.05) is 13.7 Å². The molecule has 3 N–H and O–H groups in total. The molecule has 1 aromatic heterocycles. The summed E-state index contributed by atoms with van der Waals surface area (Å²) in [4.78, 5) is 17.7. The highest BCUT2D eigenvalue weighted by atomic mass is 16.5. The van der Waals surface area contributed by atoms with E-state index in [1.165, 1.54) is 38.9 Å². The lowest BCUT2D eigenvalue weighted by molar-refractivity contribution is -0.147. The fourth-order valence-electron chi connectivity index (χ4n) is 2.46. The van der Waals surface area contributed by atoms with E-state index in [4.69, 9.17) is 5.11 Å². The van der Waals surface area contributed by atoms with E-state index >= 15 is 0 Å². The smallest absolute Gasteiger partial charge is 0.332 e. The summed E-state index contributed by atoms with van der Waals surface area (Å²) in [6.07, 6.45) is 5.00. The number of aromatic amines is 1. The molecule has 2 atom stereocenters. The third-order valence-corrected chi connectivity index (χ3v) is 4.02. The van der Waals surface area contributed by atoms with Gasteiger partial charge in [-0.25, -0.2) is 9.78 Å². The number of rotatable bonds is 4. The maximum Gasteiger partial charge on any atom is 0.332 e. The number of aromatic nitrogens is 2. The molecule has 0 bridgehead atoms. The molecule has 1 aliphatic heterocycles. The molecule has 0 saturated carbocycles. The third kappa shape index (κ3) is 5.18. The highest BCUT2D eigenvalue weighted by molar-refractivity contribution is 5.71. The summed E-state index contributed by atoms with van der Waals surface area (Å²) in [6.45, 7) is 2.58. The van der Waals surface area contributed by atoms with Gasteiger partial charge in [0.2, 0.25) is 0 Å². The summed E-state index contributed by atoms with van der Waals surface area (Å²) >= 11 is 0. The molecule has 2 unspecified atom stereocenters. The summed E-state index contributed by atoms with van der Waals surface area (Å²) in [5.41, 5.74) is 2.30. The minimum absolute atomic E-state index is 0.404. The first kappa shape index (κ1) is 18.2. The SMILES string of the molecule is COC(C)C(=O)O.c1ccc(-c2cnc(C3CCCCN3)[nH]2)cc1. The molecule has 0 radical (unpaired) electrons. The van der Waals surface area contributed by atoms with E-state index in [2.05, 4.69) is 44.3 Å². The van der Waals surface area contributed by atoms with Crippen LogP contribution in [0.2, 0.25) is 0 Å². The molecular weight excluding hydrogens is 306 g/mol. The van der Waals surface area contributed by atoms with Crippen LogP contribution < -0.4 is 5.32 Å². The number of aliphatic carboxylic acids is 1. The maximum absolute atomic E-state index is 9.81. The second-order valence-electron chi connectivity index (χ2n) is 5.77. The van der Waals surface area contributed by atoms with Crippen molar-refractivity contribution >= 4 is 5.97 Å². The Labute approximate surface area is 142 Å². The molecule has 1 aromatic carbocycles. The fraction of sp³-hybridized carbons (Fsp3) is 0.444. The van der Waals surface area contributed by atoms with Crippen molar-refractivity contribution in [3.05, 3.63) is 42.4 Å². The molecule has 2 heterocycles. The van der Waals surface area contributed by atoms with Gasteiger partial charge < -0.3 is 20.1 Å². The molecule has 0 aliphatic carbocycles. The molecule has 1 aliphatic rings. The number of hydrogen-bond acceptors (Lipinski definition) is 4. The summed E-state index contributed by atoms with van der Waals surface area (Å²) in [5, 5.41) is 11.6. The first-order valence-electron chi connectivity index (χ1n) is 8.21. The number of carbonyl (C=O) groups is 1. The number of ether oxygens (including phenoxy) is 1. The van der Waals surface area contributed by atoms with Gasteiger partial charge in [0.25, 0.3) is 0 Å². The molecule has 3 rings (SSSR count). The van der Waals surface area contributed by atoms with Gasteiger partial charge in [0.1, 0.15) is 5.82 Å². The Morgan fingerprint density at radius 1 is 1.33 bits per heavy atom. The van der Waals surface area contributed by atoms with Gasteiger partial charge in [0.05, 0.1) is 17.9 Å². The number of benzene rings is 1. The number of carboxylic acid groups (broad SMARTS) is 1. The van der Waals surface area contributed by atoms with Crippen LogP contribution in [-0.4, -0.2) is 40.8 Å². The van der Waals surface area contributed by atoms with Crippen LogP contribution in [0.1, 0.15) is 38.1 Å². The van der Waals surface area contributed by atoms with Crippen LogP contribution in [0.4, 0.5) is 0 Å². The number of methoxy groups -OCH3 is 1. The van der Waals surface area contributed by atoms with E-state index < -0.39 is 12.1 Å².